The Bertz CT molecular complexity index is 372. The molecule has 1 aliphatic heterocycles. The molecule has 0 saturated carbocycles. The van der Waals surface area contributed by atoms with E-state index in [-0.39, 0.29) is 11.8 Å². The highest BCUT2D eigenvalue weighted by Crippen LogP contribution is 2.24. The molecule has 16 heavy (non-hydrogen) atoms. The Hall–Kier alpha value is -0.390. The Balaban J connectivity index is 1.83. The molecule has 0 aromatic carbocycles. The molecule has 1 aromatic heterocycles. The van der Waals surface area contributed by atoms with Crippen molar-refractivity contribution in [2.45, 2.75) is 19.4 Å². The van der Waals surface area contributed by atoms with Crippen LogP contribution in [0.25, 0.3) is 0 Å². The van der Waals surface area contributed by atoms with Gasteiger partial charge in [-0.15, -0.1) is 11.3 Å². The molecular weight excluding hydrogens is 288 g/mol. The van der Waals surface area contributed by atoms with Gasteiger partial charge in [0.15, 0.2) is 0 Å². The van der Waals surface area contributed by atoms with Gasteiger partial charge in [-0.25, -0.2) is 0 Å². The monoisotopic (exact) mass is 302 g/mol. The average Bonchev–Trinajstić information content (AvgIpc) is 2.65. The van der Waals surface area contributed by atoms with Crippen LogP contribution in [0.5, 0.6) is 0 Å². The molecule has 0 spiro atoms. The van der Waals surface area contributed by atoms with Gasteiger partial charge >= 0.3 is 0 Å². The van der Waals surface area contributed by atoms with Crippen LogP contribution in [0.4, 0.5) is 0 Å². The lowest BCUT2D eigenvalue weighted by atomic mass is 9.96. The fraction of sp³-hybridized carbons (Fsp3) is 0.545. The average molecular weight is 303 g/mol. The predicted octanol–water partition coefficient (Wildman–Crippen LogP) is 2.21. The SMILES string of the molecule is NC(=O)C1CCN(Cc2csc(Br)c2)CC1. The van der Waals surface area contributed by atoms with Crippen LogP contribution in [0.2, 0.25) is 0 Å². The zero-order valence-electron chi connectivity index (χ0n) is 8.99. The lowest BCUT2D eigenvalue weighted by Crippen LogP contribution is -2.38. The summed E-state index contributed by atoms with van der Waals surface area (Å²) in [5, 5.41) is 2.17. The molecule has 0 aliphatic carbocycles. The summed E-state index contributed by atoms with van der Waals surface area (Å²) in [7, 11) is 0. The first-order valence-electron chi connectivity index (χ1n) is 5.40. The van der Waals surface area contributed by atoms with E-state index in [0.29, 0.717) is 0 Å². The van der Waals surface area contributed by atoms with Crippen LogP contribution in [-0.2, 0) is 11.3 Å². The molecule has 0 atom stereocenters. The second-order valence-corrected chi connectivity index (χ2v) is 6.50. The number of amides is 1. The highest BCUT2D eigenvalue weighted by Gasteiger charge is 2.22. The third-order valence-electron chi connectivity index (χ3n) is 3.02. The van der Waals surface area contributed by atoms with Crippen molar-refractivity contribution in [3.05, 3.63) is 20.8 Å². The zero-order valence-corrected chi connectivity index (χ0v) is 11.4. The Labute approximate surface area is 108 Å². The number of piperidine rings is 1. The summed E-state index contributed by atoms with van der Waals surface area (Å²) in [5.74, 6) is -0.0524. The van der Waals surface area contributed by atoms with E-state index in [1.54, 1.807) is 11.3 Å². The van der Waals surface area contributed by atoms with Gasteiger partial charge in [0.05, 0.1) is 3.79 Å². The molecule has 2 rings (SSSR count). The molecule has 1 amide bonds. The highest BCUT2D eigenvalue weighted by molar-refractivity contribution is 9.11. The van der Waals surface area contributed by atoms with Gasteiger partial charge in [0.1, 0.15) is 0 Å². The fourth-order valence-corrected chi connectivity index (χ4v) is 3.26. The summed E-state index contributed by atoms with van der Waals surface area (Å²) in [5.41, 5.74) is 6.65. The van der Waals surface area contributed by atoms with Gasteiger partial charge in [0, 0.05) is 12.5 Å². The van der Waals surface area contributed by atoms with Gasteiger partial charge in [0.2, 0.25) is 5.91 Å². The Morgan fingerprint density at radius 3 is 2.75 bits per heavy atom. The third-order valence-corrected chi connectivity index (χ3v) is 4.57. The van der Waals surface area contributed by atoms with E-state index in [2.05, 4.69) is 32.3 Å². The van der Waals surface area contributed by atoms with E-state index in [0.717, 1.165) is 32.5 Å². The summed E-state index contributed by atoms with van der Waals surface area (Å²) >= 11 is 5.18. The minimum absolute atomic E-state index is 0.0884. The van der Waals surface area contributed by atoms with Crippen molar-refractivity contribution in [2.24, 2.45) is 11.7 Å². The van der Waals surface area contributed by atoms with Crippen molar-refractivity contribution < 1.29 is 4.79 Å². The van der Waals surface area contributed by atoms with Gasteiger partial charge in [-0.3, -0.25) is 9.69 Å². The first-order chi connectivity index (χ1) is 7.65. The zero-order chi connectivity index (χ0) is 11.5. The topological polar surface area (TPSA) is 46.3 Å². The molecule has 1 aliphatic rings. The Kier molecular flexibility index (Phi) is 4.00. The van der Waals surface area contributed by atoms with Crippen molar-refractivity contribution in [3.8, 4) is 0 Å². The summed E-state index contributed by atoms with van der Waals surface area (Å²) < 4.78 is 1.18. The first-order valence-corrected chi connectivity index (χ1v) is 7.07. The quantitative estimate of drug-likeness (QED) is 0.930. The third kappa shape index (κ3) is 3.06. The number of nitrogens with two attached hydrogens (primary N) is 1. The maximum absolute atomic E-state index is 11.0. The van der Waals surface area contributed by atoms with E-state index in [1.165, 1.54) is 9.35 Å². The lowest BCUT2D eigenvalue weighted by Gasteiger charge is -2.30. The summed E-state index contributed by atoms with van der Waals surface area (Å²) in [4.78, 5) is 13.4. The Morgan fingerprint density at radius 2 is 2.25 bits per heavy atom. The summed E-state index contributed by atoms with van der Waals surface area (Å²) in [6.07, 6.45) is 1.81. The number of primary amides is 1. The number of likely N-dealkylation sites (tertiary alicyclic amines) is 1. The molecule has 0 radical (unpaired) electrons. The van der Waals surface area contributed by atoms with Gasteiger partial charge in [-0.1, -0.05) is 0 Å². The number of thiophene rings is 1. The maximum Gasteiger partial charge on any atom is 0.220 e. The first kappa shape index (κ1) is 12.1. The largest absolute Gasteiger partial charge is 0.369 e. The molecule has 88 valence electrons. The van der Waals surface area contributed by atoms with Crippen LogP contribution < -0.4 is 5.73 Å². The van der Waals surface area contributed by atoms with Crippen LogP contribution >= 0.6 is 27.3 Å². The molecule has 1 fully saturated rings. The molecule has 2 heterocycles. The normalized spacial score (nSPS) is 18.8. The predicted molar refractivity (Wildman–Crippen MR) is 69.2 cm³/mol. The molecule has 0 bridgehead atoms. The fourth-order valence-electron chi connectivity index (χ4n) is 2.06. The van der Waals surface area contributed by atoms with Crippen LogP contribution in [0, 0.1) is 5.92 Å². The molecule has 1 aromatic rings. The Morgan fingerprint density at radius 1 is 1.56 bits per heavy atom. The second kappa shape index (κ2) is 5.29. The molecule has 0 unspecified atom stereocenters. The highest BCUT2D eigenvalue weighted by atomic mass is 79.9. The number of carbonyl (C=O) groups excluding carboxylic acids is 1. The van der Waals surface area contributed by atoms with Crippen molar-refractivity contribution in [1.82, 2.24) is 4.90 Å². The van der Waals surface area contributed by atoms with Gasteiger partial charge in [-0.05, 0) is 58.9 Å². The van der Waals surface area contributed by atoms with Crippen molar-refractivity contribution in [1.29, 1.82) is 0 Å². The number of hydrogen-bond donors (Lipinski definition) is 1. The van der Waals surface area contributed by atoms with Crippen LogP contribution in [0.15, 0.2) is 15.2 Å². The van der Waals surface area contributed by atoms with Crippen LogP contribution in [0.1, 0.15) is 18.4 Å². The van der Waals surface area contributed by atoms with E-state index < -0.39 is 0 Å². The van der Waals surface area contributed by atoms with Gasteiger partial charge in [0.25, 0.3) is 0 Å². The van der Waals surface area contributed by atoms with Crippen molar-refractivity contribution in [2.75, 3.05) is 13.1 Å². The lowest BCUT2D eigenvalue weighted by molar-refractivity contribution is -0.123. The van der Waals surface area contributed by atoms with Crippen LogP contribution in [0.3, 0.4) is 0 Å². The number of carbonyl (C=O) groups is 1. The van der Waals surface area contributed by atoms with E-state index in [4.69, 9.17) is 5.73 Å². The van der Waals surface area contributed by atoms with Crippen molar-refractivity contribution >= 4 is 33.2 Å². The van der Waals surface area contributed by atoms with Gasteiger partial charge in [-0.2, -0.15) is 0 Å². The smallest absolute Gasteiger partial charge is 0.220 e. The number of nitrogens with zero attached hydrogens (tertiary/aromatic N) is 1. The van der Waals surface area contributed by atoms with E-state index >= 15 is 0 Å². The molecular formula is C11H15BrN2OS. The van der Waals surface area contributed by atoms with Crippen molar-refractivity contribution in [3.63, 3.8) is 0 Å². The standard InChI is InChI=1S/C11H15BrN2OS/c12-10-5-8(7-16-10)6-14-3-1-9(2-4-14)11(13)15/h5,7,9H,1-4,6H2,(H2,13,15). The number of halogens is 1. The molecule has 5 heteroatoms. The molecule has 1 saturated heterocycles. The maximum atomic E-state index is 11.0. The minimum Gasteiger partial charge on any atom is -0.369 e. The number of rotatable bonds is 3. The molecule has 3 nitrogen and oxygen atoms in total. The minimum atomic E-state index is -0.141. The van der Waals surface area contributed by atoms with E-state index in [9.17, 15) is 4.79 Å². The molecule has 2 N–H and O–H groups in total. The van der Waals surface area contributed by atoms with E-state index in [1.807, 2.05) is 0 Å². The summed E-state index contributed by atoms with van der Waals surface area (Å²) in [6.45, 7) is 2.93. The van der Waals surface area contributed by atoms with Crippen LogP contribution in [-0.4, -0.2) is 23.9 Å². The second-order valence-electron chi connectivity index (χ2n) is 4.21. The van der Waals surface area contributed by atoms with Gasteiger partial charge < -0.3 is 5.73 Å². The number of hydrogen-bond acceptors (Lipinski definition) is 3. The summed E-state index contributed by atoms with van der Waals surface area (Å²) in [6, 6.07) is 2.16.